The topological polar surface area (TPSA) is 122 Å². The van der Waals surface area contributed by atoms with Gasteiger partial charge in [0.25, 0.3) is 11.8 Å². The maximum atomic E-state index is 12.6. The predicted octanol–water partition coefficient (Wildman–Crippen LogP) is 2.31. The number of aromatic nitrogens is 1. The number of fused-ring (bicyclic) bond motifs is 1. The summed E-state index contributed by atoms with van der Waals surface area (Å²) in [6.45, 7) is 0.481. The Labute approximate surface area is 185 Å². The van der Waals surface area contributed by atoms with Crippen molar-refractivity contribution in [2.75, 3.05) is 34.0 Å². The molecule has 32 heavy (non-hydrogen) atoms. The van der Waals surface area contributed by atoms with Crippen molar-refractivity contribution in [1.82, 2.24) is 10.3 Å². The summed E-state index contributed by atoms with van der Waals surface area (Å²) in [5.41, 5.74) is 6.25. The fourth-order valence-electron chi connectivity index (χ4n) is 3.05. The Kier molecular flexibility index (Phi) is 7.69. The zero-order valence-electron chi connectivity index (χ0n) is 17.9. The van der Waals surface area contributed by atoms with Crippen molar-refractivity contribution >= 4 is 22.7 Å². The zero-order valence-corrected chi connectivity index (χ0v) is 17.9. The van der Waals surface area contributed by atoms with Crippen molar-refractivity contribution in [3.8, 4) is 23.0 Å². The molecule has 3 rings (SSSR count). The molecule has 9 nitrogen and oxygen atoms in total. The number of nitrogens with zero attached hydrogens (tertiary/aromatic N) is 1. The molecule has 0 bridgehead atoms. The second kappa shape index (κ2) is 10.9. The molecule has 0 fully saturated rings. The van der Waals surface area contributed by atoms with Crippen LogP contribution in [0.2, 0.25) is 0 Å². The number of rotatable bonds is 11. The van der Waals surface area contributed by atoms with Crippen LogP contribution in [0.25, 0.3) is 10.9 Å². The van der Waals surface area contributed by atoms with E-state index in [9.17, 15) is 9.59 Å². The third-order valence-electron chi connectivity index (χ3n) is 4.54. The van der Waals surface area contributed by atoms with Crippen molar-refractivity contribution in [3.63, 3.8) is 0 Å². The highest BCUT2D eigenvalue weighted by molar-refractivity contribution is 5.95. The highest BCUT2D eigenvalue weighted by atomic mass is 16.5. The number of pyridine rings is 1. The number of benzene rings is 2. The van der Waals surface area contributed by atoms with Crippen molar-refractivity contribution in [2.24, 2.45) is 5.73 Å². The molecule has 0 aliphatic heterocycles. The average Bonchev–Trinajstić information content (AvgIpc) is 2.81. The van der Waals surface area contributed by atoms with Crippen molar-refractivity contribution < 1.29 is 28.5 Å². The first-order valence-corrected chi connectivity index (χ1v) is 9.95. The largest absolute Gasteiger partial charge is 0.493 e. The van der Waals surface area contributed by atoms with Crippen LogP contribution < -0.4 is 30.0 Å². The Balaban J connectivity index is 1.56. The number of para-hydroxylation sites is 1. The highest BCUT2D eigenvalue weighted by Gasteiger charge is 2.18. The minimum absolute atomic E-state index is 0.197. The Morgan fingerprint density at radius 3 is 2.41 bits per heavy atom. The summed E-state index contributed by atoms with van der Waals surface area (Å²) in [5, 5.41) is 3.84. The van der Waals surface area contributed by atoms with Crippen LogP contribution in [0.15, 0.2) is 48.7 Å². The molecule has 9 heteroatoms. The van der Waals surface area contributed by atoms with Gasteiger partial charge in [-0.05, 0) is 30.7 Å². The molecule has 168 valence electrons. The van der Waals surface area contributed by atoms with Crippen LogP contribution in [0, 0.1) is 0 Å². The van der Waals surface area contributed by atoms with Gasteiger partial charge in [0.2, 0.25) is 5.75 Å². The number of hydrogen-bond donors (Lipinski definition) is 2. The molecule has 0 atom stereocenters. The molecule has 0 saturated carbocycles. The van der Waals surface area contributed by atoms with E-state index in [1.54, 1.807) is 6.20 Å². The van der Waals surface area contributed by atoms with Gasteiger partial charge in [-0.15, -0.1) is 0 Å². The van der Waals surface area contributed by atoms with E-state index in [-0.39, 0.29) is 29.8 Å². The first kappa shape index (κ1) is 22.7. The van der Waals surface area contributed by atoms with Gasteiger partial charge in [-0.1, -0.05) is 18.2 Å². The Morgan fingerprint density at radius 1 is 1.00 bits per heavy atom. The van der Waals surface area contributed by atoms with Crippen LogP contribution in [0.5, 0.6) is 23.0 Å². The van der Waals surface area contributed by atoms with Crippen LogP contribution >= 0.6 is 0 Å². The predicted molar refractivity (Wildman–Crippen MR) is 118 cm³/mol. The van der Waals surface area contributed by atoms with Crippen LogP contribution in [-0.4, -0.2) is 50.8 Å². The summed E-state index contributed by atoms with van der Waals surface area (Å²) in [6.07, 6.45) is 2.32. The average molecular weight is 439 g/mol. The summed E-state index contributed by atoms with van der Waals surface area (Å²) in [7, 11) is 2.85. The maximum absolute atomic E-state index is 12.6. The molecule has 2 amide bonds. The Morgan fingerprint density at radius 2 is 1.72 bits per heavy atom. The van der Waals surface area contributed by atoms with Crippen LogP contribution in [-0.2, 0) is 4.79 Å². The fourth-order valence-corrected chi connectivity index (χ4v) is 3.05. The summed E-state index contributed by atoms with van der Waals surface area (Å²) in [5.74, 6) is 0.454. The second-order valence-corrected chi connectivity index (χ2v) is 6.75. The van der Waals surface area contributed by atoms with E-state index < -0.39 is 5.91 Å². The molecule has 0 saturated heterocycles. The maximum Gasteiger partial charge on any atom is 0.255 e. The molecule has 0 unspecified atom stereocenters. The van der Waals surface area contributed by atoms with Gasteiger partial charge in [-0.25, -0.2) is 0 Å². The molecule has 3 aromatic rings. The number of methoxy groups -OCH3 is 2. The second-order valence-electron chi connectivity index (χ2n) is 6.75. The van der Waals surface area contributed by atoms with Gasteiger partial charge in [0.15, 0.2) is 18.1 Å². The van der Waals surface area contributed by atoms with E-state index in [0.29, 0.717) is 30.9 Å². The van der Waals surface area contributed by atoms with Gasteiger partial charge in [0.1, 0.15) is 11.3 Å². The molecule has 0 radical (unpaired) electrons. The quantitative estimate of drug-likeness (QED) is 0.440. The third kappa shape index (κ3) is 5.57. The number of amides is 2. The number of carbonyl (C=O) groups is 2. The zero-order chi connectivity index (χ0) is 22.9. The fraction of sp³-hybridized carbons (Fsp3) is 0.261. The van der Waals surface area contributed by atoms with E-state index >= 15 is 0 Å². The van der Waals surface area contributed by atoms with Crippen LogP contribution in [0.1, 0.15) is 16.8 Å². The third-order valence-corrected chi connectivity index (χ3v) is 4.54. The molecule has 1 heterocycles. The lowest BCUT2D eigenvalue weighted by atomic mass is 10.1. The number of hydrogen-bond acceptors (Lipinski definition) is 7. The number of ether oxygens (including phenoxy) is 4. The Hall–Kier alpha value is -4.01. The van der Waals surface area contributed by atoms with Gasteiger partial charge in [-0.2, -0.15) is 0 Å². The molecule has 2 aromatic carbocycles. The van der Waals surface area contributed by atoms with Crippen molar-refractivity contribution in [2.45, 2.75) is 6.42 Å². The SMILES string of the molecule is COc1cc(C(=O)NCCCOc2cccc3cccnc23)cc(OC)c1OCC(N)=O. The molecule has 3 N–H and O–H groups in total. The molecular formula is C23H25N3O6. The van der Waals surface area contributed by atoms with E-state index in [0.717, 1.165) is 10.9 Å². The van der Waals surface area contributed by atoms with Gasteiger partial charge >= 0.3 is 0 Å². The minimum atomic E-state index is -0.641. The van der Waals surface area contributed by atoms with Crippen LogP contribution in [0.3, 0.4) is 0 Å². The van der Waals surface area contributed by atoms with Crippen molar-refractivity contribution in [3.05, 3.63) is 54.2 Å². The number of nitrogens with two attached hydrogens (primary N) is 1. The Bertz CT molecular complexity index is 1070. The number of nitrogens with one attached hydrogen (secondary N) is 1. The lowest BCUT2D eigenvalue weighted by Crippen LogP contribution is -2.26. The van der Waals surface area contributed by atoms with Gasteiger partial charge in [0.05, 0.1) is 20.8 Å². The summed E-state index contributed by atoms with van der Waals surface area (Å²) in [6, 6.07) is 12.6. The molecule has 0 aliphatic carbocycles. The van der Waals surface area contributed by atoms with E-state index in [4.69, 9.17) is 24.7 Å². The normalized spacial score (nSPS) is 10.4. The van der Waals surface area contributed by atoms with Gasteiger partial charge in [0, 0.05) is 23.7 Å². The highest BCUT2D eigenvalue weighted by Crippen LogP contribution is 2.38. The minimum Gasteiger partial charge on any atom is -0.493 e. The first-order chi connectivity index (χ1) is 15.5. The number of primary amides is 1. The smallest absolute Gasteiger partial charge is 0.255 e. The monoisotopic (exact) mass is 439 g/mol. The molecular weight excluding hydrogens is 414 g/mol. The molecule has 0 aliphatic rings. The lowest BCUT2D eigenvalue weighted by molar-refractivity contribution is -0.120. The van der Waals surface area contributed by atoms with E-state index in [1.807, 2.05) is 30.3 Å². The molecule has 1 aromatic heterocycles. The lowest BCUT2D eigenvalue weighted by Gasteiger charge is -2.15. The number of carbonyl (C=O) groups excluding carboxylic acids is 2. The van der Waals surface area contributed by atoms with E-state index in [2.05, 4.69) is 10.3 Å². The van der Waals surface area contributed by atoms with Crippen LogP contribution in [0.4, 0.5) is 0 Å². The summed E-state index contributed by atoms with van der Waals surface area (Å²) < 4.78 is 21.7. The van der Waals surface area contributed by atoms with Crippen molar-refractivity contribution in [1.29, 1.82) is 0 Å². The first-order valence-electron chi connectivity index (χ1n) is 9.95. The summed E-state index contributed by atoms with van der Waals surface area (Å²) in [4.78, 5) is 27.9. The standard InChI is InChI=1S/C23H25N3O6/c1-29-18-12-16(13-19(30-2)22(18)32-14-20(24)27)23(28)26-10-5-11-31-17-8-3-6-15-7-4-9-25-21(15)17/h3-4,6-9,12-13H,5,10-11,14H2,1-2H3,(H2,24,27)(H,26,28). The summed E-state index contributed by atoms with van der Waals surface area (Å²) >= 11 is 0. The van der Waals surface area contributed by atoms with Gasteiger partial charge < -0.3 is 30.0 Å². The van der Waals surface area contributed by atoms with E-state index in [1.165, 1.54) is 26.4 Å². The van der Waals surface area contributed by atoms with Gasteiger partial charge in [-0.3, -0.25) is 14.6 Å². The molecule has 0 spiro atoms.